The van der Waals surface area contributed by atoms with Crippen molar-refractivity contribution >= 4 is 5.69 Å². The van der Waals surface area contributed by atoms with E-state index in [0.29, 0.717) is 0 Å². The average molecular weight is 221 g/mol. The first-order valence-corrected chi connectivity index (χ1v) is 6.22. The van der Waals surface area contributed by atoms with Crippen LogP contribution in [0.2, 0.25) is 0 Å². The second-order valence-electron chi connectivity index (χ2n) is 3.87. The molecule has 1 rings (SSSR count). The van der Waals surface area contributed by atoms with E-state index in [4.69, 9.17) is 0 Å². The second kappa shape index (κ2) is 7.23. The molecule has 0 spiro atoms. The van der Waals surface area contributed by atoms with E-state index >= 15 is 0 Å². The molecular formula is C13H23N3. The van der Waals surface area contributed by atoms with Crippen LogP contribution in [0.1, 0.15) is 32.9 Å². The topological polar surface area (TPSA) is 28.2 Å². The molecule has 3 heteroatoms. The van der Waals surface area contributed by atoms with Gasteiger partial charge in [0.05, 0.1) is 5.69 Å². The van der Waals surface area contributed by atoms with E-state index < -0.39 is 0 Å². The molecule has 90 valence electrons. The van der Waals surface area contributed by atoms with E-state index in [-0.39, 0.29) is 0 Å². The fraction of sp³-hybridized carbons (Fsp3) is 0.615. The Hall–Kier alpha value is -1.09. The molecule has 0 aliphatic heterocycles. The Morgan fingerprint density at radius 2 is 2.12 bits per heavy atom. The fourth-order valence-corrected chi connectivity index (χ4v) is 1.75. The van der Waals surface area contributed by atoms with Crippen LogP contribution >= 0.6 is 0 Å². The summed E-state index contributed by atoms with van der Waals surface area (Å²) in [4.78, 5) is 6.75. The van der Waals surface area contributed by atoms with Crippen molar-refractivity contribution in [1.82, 2.24) is 10.3 Å². The normalized spacial score (nSPS) is 10.4. The molecule has 1 N–H and O–H groups in total. The standard InChI is InChI=1S/C13H23N3/c1-4-9-16(6-3)13-7-8-15-12(10-13)11-14-5-2/h7-8,10,14H,4-6,9,11H2,1-3H3. The predicted octanol–water partition coefficient (Wildman–Crippen LogP) is 2.43. The van der Waals surface area contributed by atoms with Gasteiger partial charge in [0.25, 0.3) is 0 Å². The maximum atomic E-state index is 4.36. The summed E-state index contributed by atoms with van der Waals surface area (Å²) in [7, 11) is 0. The van der Waals surface area contributed by atoms with Crippen molar-refractivity contribution < 1.29 is 0 Å². The average Bonchev–Trinajstić information content (AvgIpc) is 2.33. The number of rotatable bonds is 7. The van der Waals surface area contributed by atoms with Crippen molar-refractivity contribution in [3.8, 4) is 0 Å². The van der Waals surface area contributed by atoms with Gasteiger partial charge in [-0.25, -0.2) is 0 Å². The summed E-state index contributed by atoms with van der Waals surface area (Å²) in [6, 6.07) is 4.27. The minimum absolute atomic E-state index is 0.855. The van der Waals surface area contributed by atoms with E-state index in [2.05, 4.69) is 48.1 Å². The lowest BCUT2D eigenvalue weighted by molar-refractivity contribution is 0.708. The van der Waals surface area contributed by atoms with Crippen molar-refractivity contribution in [2.45, 2.75) is 33.7 Å². The zero-order valence-electron chi connectivity index (χ0n) is 10.7. The molecule has 0 aliphatic rings. The van der Waals surface area contributed by atoms with Crippen molar-refractivity contribution in [2.75, 3.05) is 24.5 Å². The van der Waals surface area contributed by atoms with Crippen LogP contribution < -0.4 is 10.2 Å². The number of aromatic nitrogens is 1. The summed E-state index contributed by atoms with van der Waals surface area (Å²) in [6.07, 6.45) is 3.08. The first kappa shape index (κ1) is 13.0. The highest BCUT2D eigenvalue weighted by Gasteiger charge is 2.04. The summed E-state index contributed by atoms with van der Waals surface area (Å²) in [5, 5.41) is 3.30. The van der Waals surface area contributed by atoms with Crippen LogP contribution in [0.15, 0.2) is 18.3 Å². The van der Waals surface area contributed by atoms with E-state index in [1.165, 1.54) is 12.1 Å². The number of hydrogen-bond donors (Lipinski definition) is 1. The SMILES string of the molecule is CCCN(CC)c1ccnc(CNCC)c1. The molecule has 1 aromatic rings. The number of hydrogen-bond acceptors (Lipinski definition) is 3. The molecule has 0 aromatic carbocycles. The maximum absolute atomic E-state index is 4.36. The Morgan fingerprint density at radius 3 is 2.75 bits per heavy atom. The molecule has 0 amide bonds. The zero-order valence-corrected chi connectivity index (χ0v) is 10.7. The largest absolute Gasteiger partial charge is 0.372 e. The third kappa shape index (κ3) is 3.81. The number of anilines is 1. The Bertz CT molecular complexity index is 299. The molecule has 0 aliphatic carbocycles. The van der Waals surface area contributed by atoms with Gasteiger partial charge in [-0.3, -0.25) is 4.98 Å². The Morgan fingerprint density at radius 1 is 1.31 bits per heavy atom. The third-order valence-corrected chi connectivity index (χ3v) is 2.60. The zero-order chi connectivity index (χ0) is 11.8. The van der Waals surface area contributed by atoms with Crippen molar-refractivity contribution in [3.63, 3.8) is 0 Å². The van der Waals surface area contributed by atoms with Gasteiger partial charge < -0.3 is 10.2 Å². The smallest absolute Gasteiger partial charge is 0.0562 e. The van der Waals surface area contributed by atoms with Gasteiger partial charge in [-0.05, 0) is 32.0 Å². The minimum atomic E-state index is 0.855. The molecule has 0 unspecified atom stereocenters. The van der Waals surface area contributed by atoms with Gasteiger partial charge in [0, 0.05) is 31.5 Å². The summed E-state index contributed by atoms with van der Waals surface area (Å²) >= 11 is 0. The lowest BCUT2D eigenvalue weighted by atomic mass is 10.2. The third-order valence-electron chi connectivity index (χ3n) is 2.60. The summed E-state index contributed by atoms with van der Waals surface area (Å²) < 4.78 is 0. The van der Waals surface area contributed by atoms with Gasteiger partial charge in [-0.15, -0.1) is 0 Å². The highest BCUT2D eigenvalue weighted by molar-refractivity contribution is 5.46. The van der Waals surface area contributed by atoms with Gasteiger partial charge in [0.1, 0.15) is 0 Å². The first-order valence-electron chi connectivity index (χ1n) is 6.22. The lowest BCUT2D eigenvalue weighted by Crippen LogP contribution is -2.23. The van der Waals surface area contributed by atoms with E-state index in [1.807, 2.05) is 6.20 Å². The predicted molar refractivity (Wildman–Crippen MR) is 69.8 cm³/mol. The molecule has 0 bridgehead atoms. The number of nitrogens with zero attached hydrogens (tertiary/aromatic N) is 2. The monoisotopic (exact) mass is 221 g/mol. The number of pyridine rings is 1. The lowest BCUT2D eigenvalue weighted by Gasteiger charge is -2.22. The van der Waals surface area contributed by atoms with Crippen molar-refractivity contribution in [2.24, 2.45) is 0 Å². The second-order valence-corrected chi connectivity index (χ2v) is 3.87. The van der Waals surface area contributed by atoms with Gasteiger partial charge in [0.15, 0.2) is 0 Å². The van der Waals surface area contributed by atoms with Gasteiger partial charge in [0.2, 0.25) is 0 Å². The summed E-state index contributed by atoms with van der Waals surface area (Å²) in [5.41, 5.74) is 2.40. The van der Waals surface area contributed by atoms with Crippen LogP contribution in [0, 0.1) is 0 Å². The van der Waals surface area contributed by atoms with Crippen LogP contribution in [0.4, 0.5) is 5.69 Å². The van der Waals surface area contributed by atoms with Crippen LogP contribution in [-0.2, 0) is 6.54 Å². The van der Waals surface area contributed by atoms with Gasteiger partial charge in [-0.1, -0.05) is 13.8 Å². The molecule has 1 aromatic heterocycles. The van der Waals surface area contributed by atoms with Crippen molar-refractivity contribution in [1.29, 1.82) is 0 Å². The molecule has 0 radical (unpaired) electrons. The highest BCUT2D eigenvalue weighted by Crippen LogP contribution is 2.14. The Labute approximate surface area is 98.9 Å². The van der Waals surface area contributed by atoms with Crippen LogP contribution in [0.5, 0.6) is 0 Å². The first-order chi connectivity index (χ1) is 7.81. The highest BCUT2D eigenvalue weighted by atomic mass is 15.1. The molecule has 0 saturated heterocycles. The minimum Gasteiger partial charge on any atom is -0.372 e. The number of nitrogens with one attached hydrogen (secondary N) is 1. The van der Waals surface area contributed by atoms with E-state index in [1.54, 1.807) is 0 Å². The van der Waals surface area contributed by atoms with Gasteiger partial charge in [-0.2, -0.15) is 0 Å². The molecule has 0 atom stereocenters. The molecule has 0 saturated carbocycles. The Kier molecular flexibility index (Phi) is 5.86. The molecular weight excluding hydrogens is 198 g/mol. The van der Waals surface area contributed by atoms with E-state index in [9.17, 15) is 0 Å². The Balaban J connectivity index is 2.71. The van der Waals surface area contributed by atoms with E-state index in [0.717, 1.165) is 31.9 Å². The summed E-state index contributed by atoms with van der Waals surface area (Å²) in [5.74, 6) is 0. The molecule has 16 heavy (non-hydrogen) atoms. The van der Waals surface area contributed by atoms with Gasteiger partial charge >= 0.3 is 0 Å². The fourth-order valence-electron chi connectivity index (χ4n) is 1.75. The van der Waals surface area contributed by atoms with Crippen LogP contribution in [0.25, 0.3) is 0 Å². The summed E-state index contributed by atoms with van der Waals surface area (Å²) in [6.45, 7) is 10.5. The molecule has 0 fully saturated rings. The quantitative estimate of drug-likeness (QED) is 0.766. The molecule has 3 nitrogen and oxygen atoms in total. The maximum Gasteiger partial charge on any atom is 0.0562 e. The molecule has 1 heterocycles. The van der Waals surface area contributed by atoms with Crippen LogP contribution in [0.3, 0.4) is 0 Å². The van der Waals surface area contributed by atoms with Crippen LogP contribution in [-0.4, -0.2) is 24.6 Å². The van der Waals surface area contributed by atoms with Crippen molar-refractivity contribution in [3.05, 3.63) is 24.0 Å².